The SMILES string of the molecule is COc1ccc(C2OC(c3cc(C(F)(F)F)nc4c(C(F)(F)F)cccc34)C3CCCCN23)cc1. The standard InChI is InChI=1S/C25H22F6N2O2/c1-34-15-10-8-14(9-11-15)23-33-12-3-2-7-19(33)22(35-23)17-13-20(25(29,30)31)32-21-16(17)5-4-6-18(21)24(26,27)28/h4-6,8-11,13,19,22-23H,2-3,7,12H2,1H3. The van der Waals surface area contributed by atoms with Gasteiger partial charge in [-0.1, -0.05) is 30.7 Å². The fourth-order valence-corrected chi connectivity index (χ4v) is 5.11. The molecule has 3 unspecified atom stereocenters. The van der Waals surface area contributed by atoms with E-state index in [0.29, 0.717) is 18.7 Å². The van der Waals surface area contributed by atoms with Crippen LogP contribution < -0.4 is 4.74 Å². The normalized spacial score (nSPS) is 23.5. The summed E-state index contributed by atoms with van der Waals surface area (Å²) in [4.78, 5) is 5.50. The van der Waals surface area contributed by atoms with Crippen LogP contribution in [0.2, 0.25) is 0 Å². The number of rotatable bonds is 3. The molecule has 3 atom stereocenters. The lowest BCUT2D eigenvalue weighted by atomic mass is 9.91. The van der Waals surface area contributed by atoms with Gasteiger partial charge in [0.15, 0.2) is 0 Å². The largest absolute Gasteiger partial charge is 0.497 e. The first-order valence-corrected chi connectivity index (χ1v) is 11.2. The number of halogens is 6. The highest BCUT2D eigenvalue weighted by Gasteiger charge is 2.46. The Kier molecular flexibility index (Phi) is 5.91. The molecule has 3 heterocycles. The molecule has 2 saturated heterocycles. The van der Waals surface area contributed by atoms with E-state index in [9.17, 15) is 26.3 Å². The number of benzene rings is 2. The molecule has 186 valence electrons. The molecule has 0 bridgehead atoms. The zero-order valence-corrected chi connectivity index (χ0v) is 18.7. The Morgan fingerprint density at radius 3 is 2.37 bits per heavy atom. The highest BCUT2D eigenvalue weighted by Crippen LogP contribution is 2.49. The van der Waals surface area contributed by atoms with Gasteiger partial charge in [0.25, 0.3) is 0 Å². The molecule has 2 aromatic carbocycles. The smallest absolute Gasteiger partial charge is 0.433 e. The predicted octanol–water partition coefficient (Wildman–Crippen LogP) is 6.91. The van der Waals surface area contributed by atoms with Gasteiger partial charge in [-0.2, -0.15) is 26.3 Å². The first kappa shape index (κ1) is 23.9. The number of hydrogen-bond donors (Lipinski definition) is 0. The predicted molar refractivity (Wildman–Crippen MR) is 116 cm³/mol. The van der Waals surface area contributed by atoms with Crippen LogP contribution in [0, 0.1) is 0 Å². The van der Waals surface area contributed by atoms with Gasteiger partial charge in [0.05, 0.1) is 18.2 Å². The second-order valence-electron chi connectivity index (χ2n) is 8.78. The second kappa shape index (κ2) is 8.67. The molecule has 0 amide bonds. The molecular formula is C25H22F6N2O2. The third kappa shape index (κ3) is 4.33. The Morgan fingerprint density at radius 1 is 0.971 bits per heavy atom. The number of fused-ring (bicyclic) bond motifs is 2. The molecular weight excluding hydrogens is 474 g/mol. The van der Waals surface area contributed by atoms with E-state index in [0.717, 1.165) is 30.5 Å². The first-order chi connectivity index (χ1) is 16.6. The van der Waals surface area contributed by atoms with Crippen LogP contribution in [0.1, 0.15) is 54.0 Å². The summed E-state index contributed by atoms with van der Waals surface area (Å²) >= 11 is 0. The van der Waals surface area contributed by atoms with Crippen molar-refractivity contribution in [1.29, 1.82) is 0 Å². The average molecular weight is 496 g/mol. The molecule has 10 heteroatoms. The van der Waals surface area contributed by atoms with Crippen molar-refractivity contribution in [2.75, 3.05) is 13.7 Å². The summed E-state index contributed by atoms with van der Waals surface area (Å²) < 4.78 is 93.9. The minimum absolute atomic E-state index is 0.0127. The van der Waals surface area contributed by atoms with E-state index in [-0.39, 0.29) is 17.0 Å². The maximum atomic E-state index is 13.8. The Hall–Kier alpha value is -2.85. The third-order valence-corrected chi connectivity index (χ3v) is 6.69. The molecule has 0 aliphatic carbocycles. The summed E-state index contributed by atoms with van der Waals surface area (Å²) in [5, 5.41) is 0.0127. The summed E-state index contributed by atoms with van der Waals surface area (Å²) in [5.74, 6) is 0.646. The zero-order chi connectivity index (χ0) is 25.0. The molecule has 0 radical (unpaired) electrons. The van der Waals surface area contributed by atoms with Crippen LogP contribution in [0.4, 0.5) is 26.3 Å². The van der Waals surface area contributed by atoms with Crippen molar-refractivity contribution in [2.24, 2.45) is 0 Å². The van der Waals surface area contributed by atoms with Crippen molar-refractivity contribution < 1.29 is 35.8 Å². The minimum atomic E-state index is -4.91. The molecule has 0 N–H and O–H groups in total. The number of ether oxygens (including phenoxy) is 2. The van der Waals surface area contributed by atoms with Gasteiger partial charge in [-0.05, 0) is 48.2 Å². The molecule has 2 aliphatic heterocycles. The fourth-order valence-electron chi connectivity index (χ4n) is 5.11. The van der Waals surface area contributed by atoms with Crippen LogP contribution in [-0.4, -0.2) is 29.6 Å². The number of alkyl halides is 6. The quantitative estimate of drug-likeness (QED) is 0.369. The summed E-state index contributed by atoms with van der Waals surface area (Å²) in [5.41, 5.74) is -2.42. The summed E-state index contributed by atoms with van der Waals surface area (Å²) in [7, 11) is 1.54. The maximum Gasteiger partial charge on any atom is 0.433 e. The molecule has 5 rings (SSSR count). The first-order valence-electron chi connectivity index (χ1n) is 11.2. The van der Waals surface area contributed by atoms with E-state index in [1.54, 1.807) is 19.2 Å². The van der Waals surface area contributed by atoms with Crippen LogP contribution in [-0.2, 0) is 17.1 Å². The monoisotopic (exact) mass is 496 g/mol. The number of nitrogens with zero attached hydrogens (tertiary/aromatic N) is 2. The Morgan fingerprint density at radius 2 is 1.71 bits per heavy atom. The number of piperidine rings is 1. The van der Waals surface area contributed by atoms with Crippen LogP contribution >= 0.6 is 0 Å². The molecule has 1 aromatic heterocycles. The number of para-hydroxylation sites is 1. The van der Waals surface area contributed by atoms with Gasteiger partial charge in [-0.3, -0.25) is 4.90 Å². The van der Waals surface area contributed by atoms with E-state index >= 15 is 0 Å². The van der Waals surface area contributed by atoms with Crippen LogP contribution in [0.3, 0.4) is 0 Å². The minimum Gasteiger partial charge on any atom is -0.497 e. The van der Waals surface area contributed by atoms with Crippen molar-refractivity contribution in [3.8, 4) is 5.75 Å². The second-order valence-corrected chi connectivity index (χ2v) is 8.78. The number of methoxy groups -OCH3 is 1. The fraction of sp³-hybridized carbons (Fsp3) is 0.400. The molecule has 4 nitrogen and oxygen atoms in total. The van der Waals surface area contributed by atoms with Crippen molar-refractivity contribution in [1.82, 2.24) is 9.88 Å². The molecule has 2 fully saturated rings. The van der Waals surface area contributed by atoms with Gasteiger partial charge >= 0.3 is 12.4 Å². The lowest BCUT2D eigenvalue weighted by molar-refractivity contribution is -0.142. The summed E-state index contributed by atoms with van der Waals surface area (Å²) in [6.07, 6.45) is -8.77. The Labute approximate surface area is 197 Å². The molecule has 0 saturated carbocycles. The Bertz CT molecular complexity index is 1230. The van der Waals surface area contributed by atoms with Crippen molar-refractivity contribution in [3.05, 3.63) is 70.9 Å². The van der Waals surface area contributed by atoms with Crippen molar-refractivity contribution in [3.63, 3.8) is 0 Å². The van der Waals surface area contributed by atoms with Crippen molar-refractivity contribution >= 4 is 10.9 Å². The highest BCUT2D eigenvalue weighted by molar-refractivity contribution is 5.86. The van der Waals surface area contributed by atoms with Gasteiger partial charge in [0.2, 0.25) is 0 Å². The third-order valence-electron chi connectivity index (χ3n) is 6.69. The zero-order valence-electron chi connectivity index (χ0n) is 18.7. The van der Waals surface area contributed by atoms with Crippen molar-refractivity contribution in [2.45, 2.75) is 50.0 Å². The van der Waals surface area contributed by atoms with E-state index < -0.39 is 41.5 Å². The van der Waals surface area contributed by atoms with Crippen LogP contribution in [0.5, 0.6) is 5.75 Å². The van der Waals surface area contributed by atoms with Gasteiger partial charge < -0.3 is 9.47 Å². The van der Waals surface area contributed by atoms with Gasteiger partial charge in [-0.15, -0.1) is 0 Å². The van der Waals surface area contributed by atoms with Crippen LogP contribution in [0.15, 0.2) is 48.5 Å². The summed E-state index contributed by atoms with van der Waals surface area (Å²) in [6.45, 7) is 0.667. The van der Waals surface area contributed by atoms with E-state index in [1.165, 1.54) is 12.1 Å². The molecule has 3 aromatic rings. The molecule has 35 heavy (non-hydrogen) atoms. The highest BCUT2D eigenvalue weighted by atomic mass is 19.4. The van der Waals surface area contributed by atoms with Crippen LogP contribution in [0.25, 0.3) is 10.9 Å². The Balaban J connectivity index is 1.66. The van der Waals surface area contributed by atoms with Gasteiger partial charge in [-0.25, -0.2) is 4.98 Å². The van der Waals surface area contributed by atoms with Gasteiger partial charge in [0.1, 0.15) is 23.8 Å². The molecule has 0 spiro atoms. The maximum absolute atomic E-state index is 13.8. The lowest BCUT2D eigenvalue weighted by Gasteiger charge is -2.33. The summed E-state index contributed by atoms with van der Waals surface area (Å²) in [6, 6.07) is 11.1. The topological polar surface area (TPSA) is 34.6 Å². The molecule has 2 aliphatic rings. The van der Waals surface area contributed by atoms with E-state index in [1.807, 2.05) is 12.1 Å². The van der Waals surface area contributed by atoms with E-state index in [2.05, 4.69) is 9.88 Å². The lowest BCUT2D eigenvalue weighted by Crippen LogP contribution is -2.37. The number of pyridine rings is 1. The number of hydrogen-bond acceptors (Lipinski definition) is 4. The van der Waals surface area contributed by atoms with E-state index in [4.69, 9.17) is 9.47 Å². The average Bonchev–Trinajstić information content (AvgIpc) is 3.21. The number of aromatic nitrogens is 1. The van der Waals surface area contributed by atoms with Gasteiger partial charge in [0, 0.05) is 18.0 Å².